The maximum absolute atomic E-state index is 11.6. The van der Waals surface area contributed by atoms with Gasteiger partial charge in [-0.3, -0.25) is 5.32 Å². The van der Waals surface area contributed by atoms with Crippen LogP contribution in [0.4, 0.5) is 4.79 Å². The summed E-state index contributed by atoms with van der Waals surface area (Å²) < 4.78 is 10.5. The molecule has 0 saturated carbocycles. The monoisotopic (exact) mass is 401 g/mol. The lowest BCUT2D eigenvalue weighted by molar-refractivity contribution is -0.128. The summed E-state index contributed by atoms with van der Waals surface area (Å²) in [7, 11) is 0. The van der Waals surface area contributed by atoms with Gasteiger partial charge in [0.1, 0.15) is 6.61 Å². The average Bonchev–Trinajstić information content (AvgIpc) is 2.76. The molecule has 0 heterocycles. The van der Waals surface area contributed by atoms with Crippen LogP contribution in [0.25, 0.3) is 0 Å². The predicted molar refractivity (Wildman–Crippen MR) is 112 cm³/mol. The largest absolute Gasteiger partial charge is 0.445 e. The number of amides is 1. The van der Waals surface area contributed by atoms with Crippen LogP contribution in [0.3, 0.4) is 0 Å². The van der Waals surface area contributed by atoms with E-state index in [0.717, 1.165) is 37.1 Å². The summed E-state index contributed by atoms with van der Waals surface area (Å²) in [6.07, 6.45) is 0.304. The molecule has 0 spiro atoms. The van der Waals surface area contributed by atoms with E-state index in [2.05, 4.69) is 16.0 Å². The van der Waals surface area contributed by atoms with Crippen molar-refractivity contribution in [1.82, 2.24) is 16.0 Å². The van der Waals surface area contributed by atoms with Gasteiger partial charge < -0.3 is 25.2 Å². The molecule has 1 unspecified atom stereocenters. The van der Waals surface area contributed by atoms with Crippen molar-refractivity contribution in [3.05, 3.63) is 71.8 Å². The summed E-state index contributed by atoms with van der Waals surface area (Å²) in [5.74, 6) is 0. The Kier molecular flexibility index (Phi) is 11.4. The first kappa shape index (κ1) is 22.8. The molecular weight excluding hydrogens is 370 g/mol. The highest BCUT2D eigenvalue weighted by molar-refractivity contribution is 5.67. The van der Waals surface area contributed by atoms with Gasteiger partial charge >= 0.3 is 6.09 Å². The maximum Gasteiger partial charge on any atom is 0.407 e. The number of hydrogen-bond donors (Lipinski definition) is 4. The summed E-state index contributed by atoms with van der Waals surface area (Å²) >= 11 is 0. The van der Waals surface area contributed by atoms with Gasteiger partial charge in [0.05, 0.1) is 6.61 Å². The average molecular weight is 402 g/mol. The summed E-state index contributed by atoms with van der Waals surface area (Å²) in [5, 5.41) is 18.7. The summed E-state index contributed by atoms with van der Waals surface area (Å²) in [6.45, 7) is 3.47. The number of aliphatic hydroxyl groups is 1. The van der Waals surface area contributed by atoms with E-state index in [-0.39, 0.29) is 6.61 Å². The Morgan fingerprint density at radius 2 is 1.41 bits per heavy atom. The molecule has 0 aliphatic heterocycles. The van der Waals surface area contributed by atoms with Crippen LogP contribution in [-0.4, -0.2) is 43.8 Å². The van der Waals surface area contributed by atoms with E-state index < -0.39 is 12.5 Å². The molecule has 2 aromatic rings. The molecule has 0 aliphatic carbocycles. The van der Waals surface area contributed by atoms with Crippen LogP contribution in [0.15, 0.2) is 60.7 Å². The smallest absolute Gasteiger partial charge is 0.407 e. The fourth-order valence-corrected chi connectivity index (χ4v) is 2.55. The lowest BCUT2D eigenvalue weighted by Crippen LogP contribution is -2.33. The van der Waals surface area contributed by atoms with Crippen molar-refractivity contribution < 1.29 is 19.4 Å². The molecule has 0 aromatic heterocycles. The molecule has 4 N–H and O–H groups in total. The molecule has 1 atom stereocenters. The van der Waals surface area contributed by atoms with Crippen molar-refractivity contribution in [1.29, 1.82) is 0 Å². The van der Waals surface area contributed by atoms with Crippen molar-refractivity contribution in [3.8, 4) is 0 Å². The number of carbonyl (C=O) groups is 1. The Balaban J connectivity index is 1.36. The predicted octanol–water partition coefficient (Wildman–Crippen LogP) is 2.36. The first-order valence-electron chi connectivity index (χ1n) is 9.96. The number of aliphatic hydroxyl groups excluding tert-OH is 1. The topological polar surface area (TPSA) is 91.9 Å². The molecule has 7 nitrogen and oxygen atoms in total. The molecule has 0 radical (unpaired) electrons. The van der Waals surface area contributed by atoms with Crippen LogP contribution < -0.4 is 16.0 Å². The molecule has 0 fully saturated rings. The molecule has 0 saturated heterocycles. The van der Waals surface area contributed by atoms with Crippen LogP contribution in [0.1, 0.15) is 24.0 Å². The van der Waals surface area contributed by atoms with Gasteiger partial charge in [-0.25, -0.2) is 4.79 Å². The Hall–Kier alpha value is -2.45. The SMILES string of the molecule is O=C(NCCCNCCCNC(O)OCc1ccccc1)OCc1ccccc1. The van der Waals surface area contributed by atoms with Crippen LogP contribution in [0.5, 0.6) is 0 Å². The van der Waals surface area contributed by atoms with Gasteiger partial charge in [-0.1, -0.05) is 60.7 Å². The third-order valence-corrected chi connectivity index (χ3v) is 4.11. The zero-order valence-electron chi connectivity index (χ0n) is 16.7. The number of ether oxygens (including phenoxy) is 2. The van der Waals surface area contributed by atoms with Gasteiger partial charge in [-0.2, -0.15) is 0 Å². The first-order valence-corrected chi connectivity index (χ1v) is 9.96. The highest BCUT2D eigenvalue weighted by atomic mass is 16.6. The summed E-state index contributed by atoms with van der Waals surface area (Å²) in [6, 6.07) is 19.3. The van der Waals surface area contributed by atoms with Crippen molar-refractivity contribution in [2.75, 3.05) is 26.2 Å². The highest BCUT2D eigenvalue weighted by Crippen LogP contribution is 2.01. The van der Waals surface area contributed by atoms with Gasteiger partial charge in [-0.15, -0.1) is 0 Å². The molecule has 7 heteroatoms. The summed E-state index contributed by atoms with van der Waals surface area (Å²) in [5.41, 5.74) is 1.99. The van der Waals surface area contributed by atoms with Gasteiger partial charge in [0.25, 0.3) is 0 Å². The quantitative estimate of drug-likeness (QED) is 0.287. The van der Waals surface area contributed by atoms with Gasteiger partial charge in [-0.05, 0) is 37.1 Å². The van der Waals surface area contributed by atoms with E-state index in [0.29, 0.717) is 19.7 Å². The third-order valence-electron chi connectivity index (χ3n) is 4.11. The second-order valence-electron chi connectivity index (χ2n) is 6.55. The molecule has 29 heavy (non-hydrogen) atoms. The van der Waals surface area contributed by atoms with E-state index in [1.807, 2.05) is 60.7 Å². The van der Waals surface area contributed by atoms with Crippen molar-refractivity contribution in [2.45, 2.75) is 32.5 Å². The van der Waals surface area contributed by atoms with E-state index in [4.69, 9.17) is 9.47 Å². The second kappa shape index (κ2) is 14.5. The zero-order chi connectivity index (χ0) is 20.6. The number of hydrogen-bond acceptors (Lipinski definition) is 6. The van der Waals surface area contributed by atoms with Crippen molar-refractivity contribution in [3.63, 3.8) is 0 Å². The fraction of sp³-hybridized carbons (Fsp3) is 0.409. The van der Waals surface area contributed by atoms with Crippen molar-refractivity contribution >= 4 is 6.09 Å². The summed E-state index contributed by atoms with van der Waals surface area (Å²) in [4.78, 5) is 11.6. The molecule has 1 amide bonds. The van der Waals surface area contributed by atoms with Crippen LogP contribution in [0, 0.1) is 0 Å². The molecular formula is C22H31N3O4. The van der Waals surface area contributed by atoms with Crippen molar-refractivity contribution in [2.24, 2.45) is 0 Å². The molecule has 2 aromatic carbocycles. The highest BCUT2D eigenvalue weighted by Gasteiger charge is 2.03. The number of rotatable bonds is 14. The number of benzene rings is 2. The fourth-order valence-electron chi connectivity index (χ4n) is 2.55. The Morgan fingerprint density at radius 1 is 0.828 bits per heavy atom. The van der Waals surface area contributed by atoms with Crippen LogP contribution in [-0.2, 0) is 22.7 Å². The maximum atomic E-state index is 11.6. The van der Waals surface area contributed by atoms with Gasteiger partial charge in [0.2, 0.25) is 6.41 Å². The normalized spacial score (nSPS) is 11.8. The number of carbonyl (C=O) groups excluding carboxylic acids is 1. The minimum Gasteiger partial charge on any atom is -0.445 e. The van der Waals surface area contributed by atoms with E-state index >= 15 is 0 Å². The Labute approximate surface area is 172 Å². The standard InChI is InChI=1S/C22H31N3O4/c26-21(28-17-19-9-3-1-4-10-19)24-15-7-13-23-14-8-16-25-22(27)29-18-20-11-5-2-6-12-20/h1-6,9-12,21,23-24,26H,7-8,13-18H2,(H,25,27). The molecule has 2 rings (SSSR count). The van der Waals surface area contributed by atoms with Gasteiger partial charge in [0.15, 0.2) is 0 Å². The molecule has 0 aliphatic rings. The Bertz CT molecular complexity index is 670. The van der Waals surface area contributed by atoms with Crippen LogP contribution >= 0.6 is 0 Å². The number of nitrogens with one attached hydrogen (secondary N) is 3. The minimum absolute atomic E-state index is 0.277. The minimum atomic E-state index is -0.971. The van der Waals surface area contributed by atoms with Crippen LogP contribution in [0.2, 0.25) is 0 Å². The van der Waals surface area contributed by atoms with E-state index in [1.54, 1.807) is 0 Å². The molecule has 0 bridgehead atoms. The van der Waals surface area contributed by atoms with Gasteiger partial charge in [0, 0.05) is 13.1 Å². The number of alkyl carbamates (subject to hydrolysis) is 1. The lowest BCUT2D eigenvalue weighted by Gasteiger charge is -2.14. The second-order valence-corrected chi connectivity index (χ2v) is 6.55. The lowest BCUT2D eigenvalue weighted by atomic mass is 10.2. The van der Waals surface area contributed by atoms with E-state index in [9.17, 15) is 9.90 Å². The Morgan fingerprint density at radius 3 is 2.07 bits per heavy atom. The van der Waals surface area contributed by atoms with E-state index in [1.165, 1.54) is 0 Å². The zero-order valence-corrected chi connectivity index (χ0v) is 16.7. The molecule has 158 valence electrons. The third kappa shape index (κ3) is 11.2. The first-order chi connectivity index (χ1) is 14.2.